The van der Waals surface area contributed by atoms with Gasteiger partial charge in [-0.25, -0.2) is 4.98 Å². The predicted octanol–water partition coefficient (Wildman–Crippen LogP) is 6.03. The number of nitrogens with zero attached hydrogens (tertiary/aromatic N) is 5. The topological polar surface area (TPSA) is 45.3 Å². The number of imidazole rings is 1. The van der Waals surface area contributed by atoms with E-state index in [1.54, 1.807) is 0 Å². The molecule has 0 aliphatic heterocycles. The molecule has 136 valence electrons. The number of hydrogen-bond donors (Lipinski definition) is 0. The van der Waals surface area contributed by atoms with Crippen molar-refractivity contribution in [3.8, 4) is 0 Å². The molecule has 0 fully saturated rings. The Bertz CT molecular complexity index is 902. The highest BCUT2D eigenvalue weighted by Crippen LogP contribution is 2.30. The molecule has 5 heteroatoms. The molecule has 0 saturated carbocycles. The van der Waals surface area contributed by atoms with Crippen molar-refractivity contribution in [2.45, 2.75) is 40.5 Å². The molecule has 3 rings (SSSR count). The van der Waals surface area contributed by atoms with E-state index in [-0.39, 0.29) is 5.92 Å². The molecular formula is C21H27N5. The molecule has 5 nitrogen and oxygen atoms in total. The Morgan fingerprint density at radius 1 is 1.04 bits per heavy atom. The number of aromatic nitrogens is 2. The first-order valence-corrected chi connectivity index (χ1v) is 9.29. The SMILES string of the molecule is CCN(CC)c1ccc(N=Nc2c(C(C)C)nc3c(C)cccn23)cc1. The van der Waals surface area contributed by atoms with Crippen molar-refractivity contribution in [1.82, 2.24) is 9.38 Å². The number of aryl methyl sites for hydroxylation is 1. The molecule has 0 atom stereocenters. The van der Waals surface area contributed by atoms with Crippen molar-refractivity contribution in [3.05, 3.63) is 53.9 Å². The summed E-state index contributed by atoms with van der Waals surface area (Å²) < 4.78 is 2.03. The molecule has 0 radical (unpaired) electrons. The minimum atomic E-state index is 0.285. The summed E-state index contributed by atoms with van der Waals surface area (Å²) in [6.07, 6.45) is 2.00. The number of fused-ring (bicyclic) bond motifs is 1. The lowest BCUT2D eigenvalue weighted by Gasteiger charge is -2.20. The summed E-state index contributed by atoms with van der Waals surface area (Å²) in [5, 5.41) is 9.02. The molecule has 3 aromatic rings. The van der Waals surface area contributed by atoms with Gasteiger partial charge in [-0.1, -0.05) is 19.9 Å². The molecule has 0 N–H and O–H groups in total. The molecule has 2 aromatic heterocycles. The molecule has 0 aliphatic carbocycles. The highest BCUT2D eigenvalue weighted by atomic mass is 15.2. The van der Waals surface area contributed by atoms with Crippen LogP contribution in [-0.4, -0.2) is 22.5 Å². The van der Waals surface area contributed by atoms with E-state index in [4.69, 9.17) is 4.98 Å². The Balaban J connectivity index is 1.95. The Morgan fingerprint density at radius 3 is 2.35 bits per heavy atom. The van der Waals surface area contributed by atoms with Crippen molar-refractivity contribution in [2.75, 3.05) is 18.0 Å². The summed E-state index contributed by atoms with van der Waals surface area (Å²) in [7, 11) is 0. The third kappa shape index (κ3) is 3.47. The number of hydrogen-bond acceptors (Lipinski definition) is 4. The van der Waals surface area contributed by atoms with Gasteiger partial charge in [0.05, 0.1) is 11.4 Å². The van der Waals surface area contributed by atoms with Crippen LogP contribution in [-0.2, 0) is 0 Å². The molecule has 2 heterocycles. The lowest BCUT2D eigenvalue weighted by molar-refractivity contribution is 0.831. The van der Waals surface area contributed by atoms with E-state index in [0.29, 0.717) is 0 Å². The van der Waals surface area contributed by atoms with Gasteiger partial charge in [0, 0.05) is 25.0 Å². The van der Waals surface area contributed by atoms with Crippen molar-refractivity contribution < 1.29 is 0 Å². The van der Waals surface area contributed by atoms with Gasteiger partial charge in [0.25, 0.3) is 0 Å². The first-order chi connectivity index (χ1) is 12.5. The van der Waals surface area contributed by atoms with Crippen molar-refractivity contribution in [3.63, 3.8) is 0 Å². The van der Waals surface area contributed by atoms with E-state index in [1.807, 2.05) is 28.8 Å². The predicted molar refractivity (Wildman–Crippen MR) is 108 cm³/mol. The highest BCUT2D eigenvalue weighted by Gasteiger charge is 2.16. The first-order valence-electron chi connectivity index (χ1n) is 9.29. The molecule has 0 unspecified atom stereocenters. The molecule has 26 heavy (non-hydrogen) atoms. The number of anilines is 1. The summed E-state index contributed by atoms with van der Waals surface area (Å²) in [6.45, 7) is 12.7. The summed E-state index contributed by atoms with van der Waals surface area (Å²) in [5.74, 6) is 1.10. The standard InChI is InChI=1S/C21H27N5/c1-6-25(7-2)18-12-10-17(11-13-18)23-24-21-19(15(3)4)22-20-16(5)9-8-14-26(20)21/h8-15H,6-7H2,1-5H3. The third-order valence-corrected chi connectivity index (χ3v) is 4.63. The number of pyridine rings is 1. The van der Waals surface area contributed by atoms with Crippen LogP contribution in [0.25, 0.3) is 5.65 Å². The van der Waals surface area contributed by atoms with Gasteiger partial charge in [0.1, 0.15) is 5.65 Å². The zero-order valence-electron chi connectivity index (χ0n) is 16.3. The van der Waals surface area contributed by atoms with E-state index in [1.165, 1.54) is 5.69 Å². The largest absolute Gasteiger partial charge is 0.372 e. The first kappa shape index (κ1) is 18.1. The minimum absolute atomic E-state index is 0.285. The Labute approximate surface area is 155 Å². The van der Waals surface area contributed by atoms with E-state index >= 15 is 0 Å². The average molecular weight is 349 g/mol. The molecule has 0 bridgehead atoms. The second kappa shape index (κ2) is 7.68. The maximum atomic E-state index is 4.79. The van der Waals surface area contributed by atoms with Gasteiger partial charge in [-0.3, -0.25) is 4.40 Å². The number of rotatable bonds is 6. The van der Waals surface area contributed by atoms with Crippen LogP contribution in [0.15, 0.2) is 52.8 Å². The molecule has 0 amide bonds. The molecule has 0 spiro atoms. The summed E-state index contributed by atoms with van der Waals surface area (Å²) in [6, 6.07) is 12.3. The van der Waals surface area contributed by atoms with E-state index < -0.39 is 0 Å². The van der Waals surface area contributed by atoms with Crippen LogP contribution in [0.4, 0.5) is 17.2 Å². The molecule has 0 saturated heterocycles. The van der Waals surface area contributed by atoms with Crippen LogP contribution < -0.4 is 4.90 Å². The van der Waals surface area contributed by atoms with Crippen molar-refractivity contribution >= 4 is 22.8 Å². The Hall–Kier alpha value is -2.69. The maximum absolute atomic E-state index is 4.79. The van der Waals surface area contributed by atoms with Gasteiger partial charge in [0.2, 0.25) is 0 Å². The minimum Gasteiger partial charge on any atom is -0.372 e. The summed E-state index contributed by atoms with van der Waals surface area (Å²) in [5.41, 5.74) is 5.12. The van der Waals surface area contributed by atoms with Crippen LogP contribution in [0.5, 0.6) is 0 Å². The molecule has 0 aliphatic rings. The zero-order valence-corrected chi connectivity index (χ0v) is 16.3. The van der Waals surface area contributed by atoms with E-state index in [9.17, 15) is 0 Å². The fourth-order valence-corrected chi connectivity index (χ4v) is 3.12. The van der Waals surface area contributed by atoms with Gasteiger partial charge < -0.3 is 4.90 Å². The number of benzene rings is 1. The summed E-state index contributed by atoms with van der Waals surface area (Å²) in [4.78, 5) is 7.10. The van der Waals surface area contributed by atoms with Crippen LogP contribution >= 0.6 is 0 Å². The number of azo groups is 1. The van der Waals surface area contributed by atoms with Crippen LogP contribution in [0.1, 0.15) is 44.9 Å². The second-order valence-electron chi connectivity index (χ2n) is 6.75. The highest BCUT2D eigenvalue weighted by molar-refractivity contribution is 5.58. The quantitative estimate of drug-likeness (QED) is 0.510. The average Bonchev–Trinajstić information content (AvgIpc) is 3.02. The fraction of sp³-hybridized carbons (Fsp3) is 0.381. The van der Waals surface area contributed by atoms with Crippen molar-refractivity contribution in [2.24, 2.45) is 10.2 Å². The van der Waals surface area contributed by atoms with Crippen LogP contribution in [0.3, 0.4) is 0 Å². The third-order valence-electron chi connectivity index (χ3n) is 4.63. The van der Waals surface area contributed by atoms with E-state index in [2.05, 4.69) is 67.9 Å². The zero-order chi connectivity index (χ0) is 18.7. The van der Waals surface area contributed by atoms with Gasteiger partial charge in [-0.15, -0.1) is 10.2 Å². The fourth-order valence-electron chi connectivity index (χ4n) is 3.12. The van der Waals surface area contributed by atoms with Gasteiger partial charge in [0.15, 0.2) is 5.82 Å². The molecule has 1 aromatic carbocycles. The maximum Gasteiger partial charge on any atom is 0.183 e. The Kier molecular flexibility index (Phi) is 5.35. The smallest absolute Gasteiger partial charge is 0.183 e. The molecular weight excluding hydrogens is 322 g/mol. The van der Waals surface area contributed by atoms with Crippen LogP contribution in [0, 0.1) is 6.92 Å². The van der Waals surface area contributed by atoms with Crippen molar-refractivity contribution in [1.29, 1.82) is 0 Å². The summed E-state index contributed by atoms with van der Waals surface area (Å²) >= 11 is 0. The Morgan fingerprint density at radius 2 is 1.73 bits per heavy atom. The second-order valence-corrected chi connectivity index (χ2v) is 6.75. The van der Waals surface area contributed by atoms with Gasteiger partial charge in [-0.2, -0.15) is 0 Å². The monoisotopic (exact) mass is 349 g/mol. The lowest BCUT2D eigenvalue weighted by Crippen LogP contribution is -2.21. The van der Waals surface area contributed by atoms with Gasteiger partial charge >= 0.3 is 0 Å². The lowest BCUT2D eigenvalue weighted by atomic mass is 10.1. The van der Waals surface area contributed by atoms with Crippen LogP contribution in [0.2, 0.25) is 0 Å². The normalized spacial score (nSPS) is 11.8. The van der Waals surface area contributed by atoms with E-state index in [0.717, 1.165) is 41.5 Å². The van der Waals surface area contributed by atoms with Gasteiger partial charge in [-0.05, 0) is 62.6 Å².